The number of rotatable bonds is 2. The number of carbonyl (C=O) groups excluding carboxylic acids is 1. The van der Waals surface area contributed by atoms with Crippen LogP contribution in [-0.2, 0) is 16.8 Å². The Balaban J connectivity index is 2.18. The second kappa shape index (κ2) is 3.72. The maximum Gasteiger partial charge on any atom is 0.231 e. The van der Waals surface area contributed by atoms with Gasteiger partial charge in [0.2, 0.25) is 5.91 Å². The normalized spacial score (nSPS) is 33.2. The summed E-state index contributed by atoms with van der Waals surface area (Å²) in [6, 6.07) is 5.83. The number of nitrogens with two attached hydrogens (primary N) is 1. The minimum Gasteiger partial charge on any atom is -0.351 e. The van der Waals surface area contributed by atoms with Crippen molar-refractivity contribution in [2.45, 2.75) is 31.7 Å². The SMILES string of the molecule is CCC1(CN)CC12C(=O)NCc1ccc(Cl)cc12. The van der Waals surface area contributed by atoms with Crippen LogP contribution < -0.4 is 11.1 Å². The number of hydrogen-bond donors (Lipinski definition) is 2. The third kappa shape index (κ3) is 1.26. The molecular formula is C14H17ClN2O. The molecule has 1 aromatic rings. The van der Waals surface area contributed by atoms with Gasteiger partial charge in [-0.15, -0.1) is 0 Å². The zero-order chi connectivity index (χ0) is 13.0. The summed E-state index contributed by atoms with van der Waals surface area (Å²) < 4.78 is 0. The van der Waals surface area contributed by atoms with Crippen molar-refractivity contribution in [3.63, 3.8) is 0 Å². The van der Waals surface area contributed by atoms with Crippen molar-refractivity contribution in [3.8, 4) is 0 Å². The Hall–Kier alpha value is -1.06. The molecule has 2 atom stereocenters. The van der Waals surface area contributed by atoms with Crippen LogP contribution in [0.1, 0.15) is 30.9 Å². The van der Waals surface area contributed by atoms with Gasteiger partial charge in [0.1, 0.15) is 0 Å². The minimum absolute atomic E-state index is 0.0864. The van der Waals surface area contributed by atoms with Crippen LogP contribution >= 0.6 is 11.6 Å². The molecule has 1 amide bonds. The number of amides is 1. The average molecular weight is 265 g/mol. The molecular weight excluding hydrogens is 248 g/mol. The van der Waals surface area contributed by atoms with E-state index in [1.165, 1.54) is 5.56 Å². The predicted octanol–water partition coefficient (Wildman–Crippen LogP) is 1.97. The lowest BCUT2D eigenvalue weighted by molar-refractivity contribution is -0.125. The summed E-state index contributed by atoms with van der Waals surface area (Å²) in [4.78, 5) is 12.4. The molecule has 0 aromatic heterocycles. The van der Waals surface area contributed by atoms with Crippen molar-refractivity contribution in [3.05, 3.63) is 34.3 Å². The zero-order valence-corrected chi connectivity index (χ0v) is 11.2. The van der Waals surface area contributed by atoms with E-state index in [2.05, 4.69) is 12.2 Å². The van der Waals surface area contributed by atoms with Crippen molar-refractivity contribution in [1.29, 1.82) is 0 Å². The first-order valence-electron chi connectivity index (χ1n) is 6.37. The number of hydrogen-bond acceptors (Lipinski definition) is 2. The van der Waals surface area contributed by atoms with E-state index in [-0.39, 0.29) is 11.3 Å². The third-order valence-corrected chi connectivity index (χ3v) is 5.05. The summed E-state index contributed by atoms with van der Waals surface area (Å²) in [6.07, 6.45) is 1.76. The van der Waals surface area contributed by atoms with E-state index in [4.69, 9.17) is 17.3 Å². The second-order valence-corrected chi connectivity index (χ2v) is 5.84. The molecule has 1 aliphatic heterocycles. The predicted molar refractivity (Wildman–Crippen MR) is 71.4 cm³/mol. The lowest BCUT2D eigenvalue weighted by Gasteiger charge is -2.30. The standard InChI is InChI=1S/C14H17ClN2O/c1-2-13(8-16)7-14(13)11-5-10(15)4-3-9(11)6-17-12(14)18/h3-5H,2,6-8,16H2,1H3,(H,17,18). The van der Waals surface area contributed by atoms with Gasteiger partial charge in [0, 0.05) is 17.0 Å². The van der Waals surface area contributed by atoms with Crippen LogP contribution in [0.3, 0.4) is 0 Å². The van der Waals surface area contributed by atoms with Gasteiger partial charge in [-0.1, -0.05) is 24.6 Å². The van der Waals surface area contributed by atoms with Crippen molar-refractivity contribution in [2.24, 2.45) is 11.1 Å². The quantitative estimate of drug-likeness (QED) is 0.858. The minimum atomic E-state index is -0.436. The molecule has 1 spiro atoms. The molecule has 3 N–H and O–H groups in total. The molecule has 0 radical (unpaired) electrons. The Morgan fingerprint density at radius 3 is 2.89 bits per heavy atom. The highest BCUT2D eigenvalue weighted by molar-refractivity contribution is 6.30. The fourth-order valence-electron chi connectivity index (χ4n) is 3.53. The van der Waals surface area contributed by atoms with E-state index in [9.17, 15) is 4.79 Å². The van der Waals surface area contributed by atoms with E-state index in [0.29, 0.717) is 18.1 Å². The van der Waals surface area contributed by atoms with Crippen LogP contribution in [0, 0.1) is 5.41 Å². The van der Waals surface area contributed by atoms with E-state index in [1.54, 1.807) is 0 Å². The molecule has 1 aromatic carbocycles. The maximum absolute atomic E-state index is 12.4. The molecule has 3 rings (SSSR count). The van der Waals surface area contributed by atoms with Gasteiger partial charge >= 0.3 is 0 Å². The summed E-state index contributed by atoms with van der Waals surface area (Å²) in [5.41, 5.74) is 7.67. The van der Waals surface area contributed by atoms with Crippen LogP contribution in [0.2, 0.25) is 5.02 Å². The molecule has 18 heavy (non-hydrogen) atoms. The van der Waals surface area contributed by atoms with E-state index in [1.807, 2.05) is 18.2 Å². The van der Waals surface area contributed by atoms with E-state index >= 15 is 0 Å². The molecule has 0 saturated heterocycles. The van der Waals surface area contributed by atoms with Gasteiger partial charge in [0.25, 0.3) is 0 Å². The lowest BCUT2D eigenvalue weighted by Crippen LogP contribution is -2.44. The van der Waals surface area contributed by atoms with Crippen molar-refractivity contribution < 1.29 is 4.79 Å². The Kier molecular flexibility index (Phi) is 2.48. The number of halogens is 1. The Labute approximate surface area is 112 Å². The van der Waals surface area contributed by atoms with Crippen LogP contribution in [0.15, 0.2) is 18.2 Å². The summed E-state index contributed by atoms with van der Waals surface area (Å²) in [7, 11) is 0. The molecule has 0 bridgehead atoms. The van der Waals surface area contributed by atoms with Gasteiger partial charge in [0.15, 0.2) is 0 Å². The Morgan fingerprint density at radius 2 is 2.28 bits per heavy atom. The summed E-state index contributed by atoms with van der Waals surface area (Å²) in [6.45, 7) is 3.24. The number of nitrogens with one attached hydrogen (secondary N) is 1. The molecule has 1 aliphatic carbocycles. The first-order chi connectivity index (χ1) is 8.59. The largest absolute Gasteiger partial charge is 0.351 e. The molecule has 1 fully saturated rings. The van der Waals surface area contributed by atoms with Crippen molar-refractivity contribution in [1.82, 2.24) is 5.32 Å². The smallest absolute Gasteiger partial charge is 0.231 e. The van der Waals surface area contributed by atoms with E-state index < -0.39 is 5.41 Å². The van der Waals surface area contributed by atoms with Crippen LogP contribution in [-0.4, -0.2) is 12.5 Å². The van der Waals surface area contributed by atoms with Crippen LogP contribution in [0.25, 0.3) is 0 Å². The number of fused-ring (bicyclic) bond motifs is 2. The number of carbonyl (C=O) groups is 1. The molecule has 96 valence electrons. The van der Waals surface area contributed by atoms with Crippen LogP contribution in [0.5, 0.6) is 0 Å². The Morgan fingerprint density at radius 1 is 1.50 bits per heavy atom. The van der Waals surface area contributed by atoms with Crippen molar-refractivity contribution in [2.75, 3.05) is 6.54 Å². The molecule has 1 heterocycles. The van der Waals surface area contributed by atoms with Gasteiger partial charge in [-0.2, -0.15) is 0 Å². The fourth-order valence-corrected chi connectivity index (χ4v) is 3.70. The molecule has 1 saturated carbocycles. The summed E-state index contributed by atoms with van der Waals surface area (Å²) >= 11 is 6.10. The topological polar surface area (TPSA) is 55.1 Å². The van der Waals surface area contributed by atoms with Gasteiger partial charge in [-0.25, -0.2) is 0 Å². The van der Waals surface area contributed by atoms with Gasteiger partial charge < -0.3 is 11.1 Å². The highest BCUT2D eigenvalue weighted by Gasteiger charge is 2.71. The Bertz CT molecular complexity index is 525. The van der Waals surface area contributed by atoms with Gasteiger partial charge in [-0.05, 0) is 42.6 Å². The molecule has 4 heteroatoms. The molecule has 2 unspecified atom stereocenters. The third-order valence-electron chi connectivity index (χ3n) is 4.81. The first-order valence-corrected chi connectivity index (χ1v) is 6.75. The lowest BCUT2D eigenvalue weighted by atomic mass is 9.79. The van der Waals surface area contributed by atoms with Gasteiger partial charge in [-0.3, -0.25) is 4.79 Å². The zero-order valence-electron chi connectivity index (χ0n) is 10.4. The average Bonchev–Trinajstić information content (AvgIpc) is 3.06. The van der Waals surface area contributed by atoms with Crippen LogP contribution in [0.4, 0.5) is 0 Å². The maximum atomic E-state index is 12.4. The monoisotopic (exact) mass is 264 g/mol. The summed E-state index contributed by atoms with van der Waals surface area (Å²) in [5, 5.41) is 3.69. The first kappa shape index (κ1) is 12.0. The van der Waals surface area contributed by atoms with E-state index in [0.717, 1.165) is 18.4 Å². The second-order valence-electron chi connectivity index (χ2n) is 5.40. The number of benzene rings is 1. The highest BCUT2D eigenvalue weighted by atomic mass is 35.5. The summed E-state index contributed by atoms with van der Waals surface area (Å²) in [5.74, 6) is 0.115. The fraction of sp³-hybridized carbons (Fsp3) is 0.500. The molecule has 3 nitrogen and oxygen atoms in total. The molecule has 2 aliphatic rings. The highest BCUT2D eigenvalue weighted by Crippen LogP contribution is 2.67. The van der Waals surface area contributed by atoms with Crippen molar-refractivity contribution >= 4 is 17.5 Å². The van der Waals surface area contributed by atoms with Gasteiger partial charge in [0.05, 0.1) is 5.41 Å².